The van der Waals surface area contributed by atoms with Gasteiger partial charge in [-0.1, -0.05) is 30.0 Å². The predicted octanol–water partition coefficient (Wildman–Crippen LogP) is 4.69. The predicted molar refractivity (Wildman–Crippen MR) is 76.7 cm³/mol. The first-order chi connectivity index (χ1) is 9.63. The second-order valence-electron chi connectivity index (χ2n) is 4.49. The van der Waals surface area contributed by atoms with Gasteiger partial charge in [0.25, 0.3) is 0 Å². The first-order valence-electron chi connectivity index (χ1n) is 6.20. The Labute approximate surface area is 119 Å². The Morgan fingerprint density at radius 1 is 1.15 bits per heavy atom. The minimum Gasteiger partial charge on any atom is -0.333 e. The van der Waals surface area contributed by atoms with Crippen molar-refractivity contribution in [2.24, 2.45) is 0 Å². The van der Waals surface area contributed by atoms with Gasteiger partial charge in [0, 0.05) is 16.9 Å². The normalized spacial score (nSPS) is 12.8. The molecule has 0 bridgehead atoms. The summed E-state index contributed by atoms with van der Waals surface area (Å²) in [5.41, 5.74) is 2.29. The highest BCUT2D eigenvalue weighted by Crippen LogP contribution is 2.35. The first kappa shape index (κ1) is 13.1. The minimum absolute atomic E-state index is 0.156. The van der Waals surface area contributed by atoms with Gasteiger partial charge < -0.3 is 4.98 Å². The molecule has 0 spiro atoms. The van der Waals surface area contributed by atoms with E-state index in [1.165, 1.54) is 23.9 Å². The van der Waals surface area contributed by atoms with Crippen molar-refractivity contribution in [1.82, 2.24) is 9.97 Å². The molecular weight excluding hydrogens is 278 g/mol. The van der Waals surface area contributed by atoms with Crippen molar-refractivity contribution in [2.45, 2.75) is 17.3 Å². The summed E-state index contributed by atoms with van der Waals surface area (Å²) < 4.78 is 26.6. The number of nitrogens with zero attached hydrogens (tertiary/aromatic N) is 1. The molecule has 1 aromatic heterocycles. The van der Waals surface area contributed by atoms with Crippen LogP contribution in [0.3, 0.4) is 0 Å². The van der Waals surface area contributed by atoms with Crippen LogP contribution in [0.4, 0.5) is 8.78 Å². The smallest absolute Gasteiger partial charge is 0.166 e. The molecule has 1 heterocycles. The molecule has 1 atom stereocenters. The molecule has 0 fully saturated rings. The third-order valence-electron chi connectivity index (χ3n) is 3.06. The summed E-state index contributed by atoms with van der Waals surface area (Å²) in [6, 6.07) is 11.4. The maximum atomic E-state index is 13.7. The van der Waals surface area contributed by atoms with Crippen LogP contribution >= 0.6 is 11.8 Å². The largest absolute Gasteiger partial charge is 0.333 e. The van der Waals surface area contributed by atoms with Crippen LogP contribution in [-0.4, -0.2) is 9.97 Å². The Bertz CT molecular complexity index is 721. The Balaban J connectivity index is 1.86. The highest BCUT2D eigenvalue weighted by Gasteiger charge is 2.15. The van der Waals surface area contributed by atoms with E-state index in [1.54, 1.807) is 0 Å². The lowest BCUT2D eigenvalue weighted by atomic mass is 10.1. The number of aromatic nitrogens is 2. The number of aromatic amines is 1. The first-order valence-corrected chi connectivity index (χ1v) is 7.08. The molecule has 0 radical (unpaired) electrons. The van der Waals surface area contributed by atoms with Gasteiger partial charge in [-0.15, -0.1) is 0 Å². The van der Waals surface area contributed by atoms with Crippen LogP contribution in [0.1, 0.15) is 17.7 Å². The average molecular weight is 290 g/mol. The summed E-state index contributed by atoms with van der Waals surface area (Å²) in [5.74, 6) is -1.09. The Morgan fingerprint density at radius 2 is 1.95 bits per heavy atom. The van der Waals surface area contributed by atoms with Gasteiger partial charge in [0.1, 0.15) is 11.6 Å². The third kappa shape index (κ3) is 2.54. The van der Waals surface area contributed by atoms with Crippen molar-refractivity contribution >= 4 is 22.8 Å². The van der Waals surface area contributed by atoms with Gasteiger partial charge in [-0.3, -0.25) is 0 Å². The lowest BCUT2D eigenvalue weighted by molar-refractivity contribution is 0.572. The Morgan fingerprint density at radius 3 is 2.70 bits per heavy atom. The molecule has 2 nitrogen and oxygen atoms in total. The number of benzene rings is 2. The minimum atomic E-state index is -0.563. The van der Waals surface area contributed by atoms with E-state index < -0.39 is 11.6 Å². The molecule has 2 aromatic carbocycles. The maximum absolute atomic E-state index is 13.7. The molecular formula is C15H12F2N2S. The number of nitrogens with one attached hydrogen (secondary N) is 1. The molecule has 102 valence electrons. The van der Waals surface area contributed by atoms with E-state index in [0.717, 1.165) is 22.3 Å². The van der Waals surface area contributed by atoms with Gasteiger partial charge in [-0.25, -0.2) is 13.8 Å². The number of hydrogen-bond donors (Lipinski definition) is 1. The van der Waals surface area contributed by atoms with Crippen molar-refractivity contribution in [1.29, 1.82) is 0 Å². The van der Waals surface area contributed by atoms with Crippen LogP contribution in [0, 0.1) is 11.6 Å². The molecule has 0 saturated heterocycles. The van der Waals surface area contributed by atoms with Crippen LogP contribution < -0.4 is 0 Å². The van der Waals surface area contributed by atoms with E-state index in [4.69, 9.17) is 0 Å². The summed E-state index contributed by atoms with van der Waals surface area (Å²) in [6.07, 6.45) is 0. The van der Waals surface area contributed by atoms with Crippen LogP contribution in [-0.2, 0) is 0 Å². The number of hydrogen-bond acceptors (Lipinski definition) is 2. The van der Waals surface area contributed by atoms with E-state index in [2.05, 4.69) is 9.97 Å². The van der Waals surface area contributed by atoms with Crippen LogP contribution in [0.2, 0.25) is 0 Å². The molecule has 5 heteroatoms. The van der Waals surface area contributed by atoms with Crippen LogP contribution in [0.25, 0.3) is 11.0 Å². The molecule has 0 amide bonds. The highest BCUT2D eigenvalue weighted by atomic mass is 32.2. The molecule has 1 N–H and O–H groups in total. The molecule has 0 saturated carbocycles. The lowest BCUT2D eigenvalue weighted by Gasteiger charge is -2.10. The molecule has 1 unspecified atom stereocenters. The summed E-state index contributed by atoms with van der Waals surface area (Å²) in [4.78, 5) is 7.62. The lowest BCUT2D eigenvalue weighted by Crippen LogP contribution is -1.95. The fraction of sp³-hybridized carbons (Fsp3) is 0.133. The van der Waals surface area contributed by atoms with Crippen molar-refractivity contribution in [3.05, 3.63) is 59.7 Å². The van der Waals surface area contributed by atoms with E-state index in [0.29, 0.717) is 5.56 Å². The van der Waals surface area contributed by atoms with Crippen molar-refractivity contribution in [3.8, 4) is 0 Å². The topological polar surface area (TPSA) is 28.7 Å². The maximum Gasteiger partial charge on any atom is 0.166 e. The standard InChI is InChI=1S/C15H12F2N2S/c1-9(11-7-6-10(16)8-12(11)17)20-15-18-13-4-2-3-5-14(13)19-15/h2-9H,1H3,(H,18,19). The fourth-order valence-corrected chi connectivity index (χ4v) is 3.02. The quantitative estimate of drug-likeness (QED) is 0.709. The van der Waals surface area contributed by atoms with E-state index in [-0.39, 0.29) is 5.25 Å². The monoisotopic (exact) mass is 290 g/mol. The number of fused-ring (bicyclic) bond motifs is 1. The number of H-pyrrole nitrogens is 1. The van der Waals surface area contributed by atoms with Gasteiger partial charge >= 0.3 is 0 Å². The SMILES string of the molecule is CC(Sc1nc2ccccc2[nH]1)c1ccc(F)cc1F. The van der Waals surface area contributed by atoms with E-state index >= 15 is 0 Å². The van der Waals surface area contributed by atoms with E-state index in [9.17, 15) is 8.78 Å². The highest BCUT2D eigenvalue weighted by molar-refractivity contribution is 7.99. The second-order valence-corrected chi connectivity index (χ2v) is 5.81. The molecule has 0 aliphatic rings. The zero-order valence-corrected chi connectivity index (χ0v) is 11.5. The van der Waals surface area contributed by atoms with Crippen LogP contribution in [0.15, 0.2) is 47.6 Å². The summed E-state index contributed by atoms with van der Waals surface area (Å²) >= 11 is 1.41. The molecule has 0 aliphatic carbocycles. The van der Waals surface area contributed by atoms with Gasteiger partial charge in [-0.2, -0.15) is 0 Å². The Kier molecular flexibility index (Phi) is 3.44. The number of imidazole rings is 1. The zero-order valence-electron chi connectivity index (χ0n) is 10.7. The van der Waals surface area contributed by atoms with E-state index in [1.807, 2.05) is 31.2 Å². The third-order valence-corrected chi connectivity index (χ3v) is 4.08. The molecule has 3 aromatic rings. The summed E-state index contributed by atoms with van der Waals surface area (Å²) in [5, 5.41) is 0.568. The van der Waals surface area contributed by atoms with Gasteiger partial charge in [-0.05, 0) is 25.1 Å². The number of thioether (sulfide) groups is 1. The molecule has 0 aliphatic heterocycles. The second kappa shape index (κ2) is 5.25. The number of rotatable bonds is 3. The van der Waals surface area contributed by atoms with Crippen molar-refractivity contribution in [3.63, 3.8) is 0 Å². The number of halogens is 2. The van der Waals surface area contributed by atoms with Crippen LogP contribution in [0.5, 0.6) is 0 Å². The van der Waals surface area contributed by atoms with Gasteiger partial charge in [0.05, 0.1) is 11.0 Å². The van der Waals surface area contributed by atoms with Crippen molar-refractivity contribution < 1.29 is 8.78 Å². The summed E-state index contributed by atoms with van der Waals surface area (Å²) in [6.45, 7) is 1.87. The van der Waals surface area contributed by atoms with Crippen molar-refractivity contribution in [2.75, 3.05) is 0 Å². The molecule has 20 heavy (non-hydrogen) atoms. The number of para-hydroxylation sites is 2. The van der Waals surface area contributed by atoms with Gasteiger partial charge in [0.2, 0.25) is 0 Å². The molecule has 3 rings (SSSR count). The zero-order chi connectivity index (χ0) is 14.1. The average Bonchev–Trinajstić information content (AvgIpc) is 2.80. The Hall–Kier alpha value is -1.88. The fourth-order valence-electron chi connectivity index (χ4n) is 2.05. The summed E-state index contributed by atoms with van der Waals surface area (Å²) in [7, 11) is 0. The van der Waals surface area contributed by atoms with Gasteiger partial charge in [0.15, 0.2) is 5.16 Å².